The van der Waals surface area contributed by atoms with Crippen LogP contribution in [0.5, 0.6) is 11.5 Å². The molecule has 1 aromatic carbocycles. The molecule has 0 spiro atoms. The van der Waals surface area contributed by atoms with E-state index in [1.807, 2.05) is 0 Å². The summed E-state index contributed by atoms with van der Waals surface area (Å²) in [5.41, 5.74) is -3.29. The van der Waals surface area contributed by atoms with E-state index < -0.39 is 46.6 Å². The molecule has 0 aliphatic carbocycles. The summed E-state index contributed by atoms with van der Waals surface area (Å²) in [7, 11) is 1.21. The highest BCUT2D eigenvalue weighted by molar-refractivity contribution is 5.97. The van der Waals surface area contributed by atoms with Gasteiger partial charge in [0.25, 0.3) is 0 Å². The van der Waals surface area contributed by atoms with Crippen molar-refractivity contribution < 1.29 is 57.1 Å². The minimum atomic E-state index is -1.62. The number of fused-ring (bicyclic) bond motifs is 1. The standard InChI is InChI=1S/C33H53N3O12/c1-23(27(37)41-8)34-29(39)33(7,35-28(38)32(5,6)36-30(40)48-31(2,3)4)22-24-9-10-25-26(21-24)47-20-18-45-16-14-43-12-11-42-13-15-44-17-19-46-25/h9-10,21,23H,11-20,22H2,1-8H3,(H,34,39)(H,35,38)(H,36,40)/t23-,33-/m0/s1. The second kappa shape index (κ2) is 19.4. The molecule has 3 N–H and O–H groups in total. The van der Waals surface area contributed by atoms with Gasteiger partial charge in [-0.15, -0.1) is 0 Å². The first-order valence-electron chi connectivity index (χ1n) is 16.0. The number of hydrogen-bond donors (Lipinski definition) is 3. The van der Waals surface area contributed by atoms with Gasteiger partial charge in [0.2, 0.25) is 11.8 Å². The van der Waals surface area contributed by atoms with E-state index in [4.69, 9.17) is 37.9 Å². The van der Waals surface area contributed by atoms with Crippen LogP contribution in [0, 0.1) is 0 Å². The molecule has 0 unspecified atom stereocenters. The molecular formula is C33H53N3O12. The number of esters is 1. The maximum atomic E-state index is 13.7. The Morgan fingerprint density at radius 1 is 0.729 bits per heavy atom. The molecule has 1 heterocycles. The summed E-state index contributed by atoms with van der Waals surface area (Å²) in [4.78, 5) is 51.9. The van der Waals surface area contributed by atoms with Crippen LogP contribution in [-0.2, 0) is 49.2 Å². The molecule has 2 rings (SSSR count). The summed E-state index contributed by atoms with van der Waals surface area (Å²) in [5, 5.41) is 7.94. The Kier molecular flexibility index (Phi) is 16.3. The van der Waals surface area contributed by atoms with E-state index in [2.05, 4.69) is 16.0 Å². The molecule has 1 aliphatic rings. The van der Waals surface area contributed by atoms with Crippen LogP contribution in [0.4, 0.5) is 4.79 Å². The van der Waals surface area contributed by atoms with Gasteiger partial charge < -0.3 is 53.8 Å². The minimum Gasteiger partial charge on any atom is -0.487 e. The van der Waals surface area contributed by atoms with Crippen molar-refractivity contribution in [2.75, 3.05) is 73.2 Å². The molecule has 3 amide bonds. The summed E-state index contributed by atoms with van der Waals surface area (Å²) >= 11 is 0. The van der Waals surface area contributed by atoms with E-state index in [-0.39, 0.29) is 26.2 Å². The van der Waals surface area contributed by atoms with Gasteiger partial charge in [-0.3, -0.25) is 9.59 Å². The second-order valence-corrected chi connectivity index (χ2v) is 12.9. The van der Waals surface area contributed by atoms with Crippen molar-refractivity contribution in [3.8, 4) is 11.5 Å². The second-order valence-electron chi connectivity index (χ2n) is 12.9. The number of ether oxygens (including phenoxy) is 8. The molecule has 0 saturated carbocycles. The fraction of sp³-hybridized carbons (Fsp3) is 0.697. The molecular weight excluding hydrogens is 630 g/mol. The molecule has 0 fully saturated rings. The van der Waals surface area contributed by atoms with Gasteiger partial charge in [-0.1, -0.05) is 6.07 Å². The number of rotatable bonds is 8. The Bertz CT molecular complexity index is 1200. The molecule has 0 radical (unpaired) electrons. The molecule has 15 nitrogen and oxygen atoms in total. The lowest BCUT2D eigenvalue weighted by Crippen LogP contribution is -2.65. The number of carbonyl (C=O) groups is 4. The molecule has 2 atom stereocenters. The van der Waals surface area contributed by atoms with E-state index in [0.29, 0.717) is 63.3 Å². The van der Waals surface area contributed by atoms with Gasteiger partial charge in [-0.2, -0.15) is 0 Å². The third kappa shape index (κ3) is 14.6. The highest BCUT2D eigenvalue weighted by Crippen LogP contribution is 2.30. The smallest absolute Gasteiger partial charge is 0.408 e. The lowest BCUT2D eigenvalue weighted by molar-refractivity contribution is -0.145. The van der Waals surface area contributed by atoms with E-state index in [9.17, 15) is 19.2 Å². The van der Waals surface area contributed by atoms with E-state index in [1.54, 1.807) is 39.0 Å². The monoisotopic (exact) mass is 683 g/mol. The zero-order valence-corrected chi connectivity index (χ0v) is 29.5. The Labute approximate surface area is 282 Å². The van der Waals surface area contributed by atoms with Gasteiger partial charge in [-0.05, 0) is 66.2 Å². The van der Waals surface area contributed by atoms with Crippen LogP contribution in [0.25, 0.3) is 0 Å². The first-order chi connectivity index (χ1) is 22.6. The van der Waals surface area contributed by atoms with Crippen LogP contribution in [-0.4, -0.2) is 120 Å². The van der Waals surface area contributed by atoms with E-state index >= 15 is 0 Å². The molecule has 0 aromatic heterocycles. The molecule has 48 heavy (non-hydrogen) atoms. The quantitative estimate of drug-likeness (QED) is 0.340. The summed E-state index contributed by atoms with van der Waals surface area (Å²) in [6.07, 6.45) is -0.835. The van der Waals surface area contributed by atoms with Crippen molar-refractivity contribution in [3.05, 3.63) is 23.8 Å². The Morgan fingerprint density at radius 3 is 1.73 bits per heavy atom. The van der Waals surface area contributed by atoms with Gasteiger partial charge in [0.1, 0.15) is 35.9 Å². The van der Waals surface area contributed by atoms with Crippen molar-refractivity contribution in [3.63, 3.8) is 0 Å². The predicted molar refractivity (Wildman–Crippen MR) is 174 cm³/mol. The Hall–Kier alpha value is -3.66. The van der Waals surface area contributed by atoms with E-state index in [0.717, 1.165) is 0 Å². The minimum absolute atomic E-state index is 0.0332. The lowest BCUT2D eigenvalue weighted by atomic mass is 9.89. The average molecular weight is 684 g/mol. The number of methoxy groups -OCH3 is 1. The van der Waals surface area contributed by atoms with Gasteiger partial charge in [0.05, 0.1) is 60.0 Å². The van der Waals surface area contributed by atoms with Gasteiger partial charge in [0, 0.05) is 6.42 Å². The van der Waals surface area contributed by atoms with Crippen molar-refractivity contribution in [1.29, 1.82) is 0 Å². The van der Waals surface area contributed by atoms with Crippen molar-refractivity contribution in [1.82, 2.24) is 16.0 Å². The largest absolute Gasteiger partial charge is 0.487 e. The van der Waals surface area contributed by atoms with Crippen LogP contribution < -0.4 is 25.4 Å². The van der Waals surface area contributed by atoms with Crippen LogP contribution in [0.1, 0.15) is 54.0 Å². The first-order valence-corrected chi connectivity index (χ1v) is 16.0. The van der Waals surface area contributed by atoms with Crippen molar-refractivity contribution in [2.24, 2.45) is 0 Å². The van der Waals surface area contributed by atoms with Crippen molar-refractivity contribution in [2.45, 2.75) is 77.6 Å². The summed E-state index contributed by atoms with van der Waals surface area (Å²) in [6.45, 7) is 14.7. The van der Waals surface area contributed by atoms with Crippen LogP contribution in [0.3, 0.4) is 0 Å². The summed E-state index contributed by atoms with van der Waals surface area (Å²) in [5.74, 6) is -1.15. The van der Waals surface area contributed by atoms with Crippen molar-refractivity contribution >= 4 is 23.9 Å². The molecule has 1 aromatic rings. The van der Waals surface area contributed by atoms with Crippen LogP contribution in [0.2, 0.25) is 0 Å². The molecule has 0 saturated heterocycles. The maximum absolute atomic E-state index is 13.7. The molecule has 272 valence electrons. The first kappa shape index (κ1) is 40.5. The summed E-state index contributed by atoms with van der Waals surface area (Å²) in [6, 6.07) is 4.14. The predicted octanol–water partition coefficient (Wildman–Crippen LogP) is 1.92. The number of hydrogen-bond acceptors (Lipinski definition) is 12. The number of carbonyl (C=O) groups excluding carboxylic acids is 4. The Balaban J connectivity index is 2.33. The average Bonchev–Trinajstić information content (AvgIpc) is 2.99. The number of alkyl carbamates (subject to hydrolysis) is 1. The zero-order valence-electron chi connectivity index (χ0n) is 29.5. The highest BCUT2D eigenvalue weighted by atomic mass is 16.6. The molecule has 0 bridgehead atoms. The highest BCUT2D eigenvalue weighted by Gasteiger charge is 2.41. The number of nitrogens with one attached hydrogen (secondary N) is 3. The fourth-order valence-electron chi connectivity index (χ4n) is 4.28. The third-order valence-electron chi connectivity index (χ3n) is 6.83. The third-order valence-corrected chi connectivity index (χ3v) is 6.83. The lowest BCUT2D eigenvalue weighted by Gasteiger charge is -2.35. The zero-order chi connectivity index (χ0) is 35.8. The van der Waals surface area contributed by atoms with Gasteiger partial charge in [0.15, 0.2) is 11.5 Å². The van der Waals surface area contributed by atoms with Crippen LogP contribution in [0.15, 0.2) is 18.2 Å². The van der Waals surface area contributed by atoms with E-state index in [1.165, 1.54) is 34.8 Å². The van der Waals surface area contributed by atoms with Gasteiger partial charge >= 0.3 is 12.1 Å². The molecule has 1 aliphatic heterocycles. The van der Waals surface area contributed by atoms with Crippen LogP contribution >= 0.6 is 0 Å². The topological polar surface area (TPSA) is 178 Å². The van der Waals surface area contributed by atoms with Gasteiger partial charge in [-0.25, -0.2) is 9.59 Å². The normalized spacial score (nSPS) is 17.7. The summed E-state index contributed by atoms with van der Waals surface area (Å²) < 4.78 is 44.1. The maximum Gasteiger partial charge on any atom is 0.408 e. The Morgan fingerprint density at radius 2 is 1.23 bits per heavy atom. The molecule has 15 heteroatoms. The fourth-order valence-corrected chi connectivity index (χ4v) is 4.28. The number of benzene rings is 1. The SMILES string of the molecule is COC(=O)[C@H](C)NC(=O)[C@](C)(Cc1ccc2c(c1)OCCOCCOCCOCCOCCO2)NC(=O)C(C)(C)NC(=O)OC(C)(C)C. The number of amides is 3.